The quantitative estimate of drug-likeness (QED) is 0.639. The zero-order chi connectivity index (χ0) is 19.9. The summed E-state index contributed by atoms with van der Waals surface area (Å²) in [4.78, 5) is 14.2. The predicted molar refractivity (Wildman–Crippen MR) is 102 cm³/mol. The van der Waals surface area contributed by atoms with E-state index < -0.39 is 21.7 Å². The number of nitrogens with zero attached hydrogens (tertiary/aromatic N) is 1. The molecule has 2 aromatic rings. The normalized spacial score (nSPS) is 11.6. The summed E-state index contributed by atoms with van der Waals surface area (Å²) < 4.78 is 39.7. The van der Waals surface area contributed by atoms with Crippen molar-refractivity contribution < 1.29 is 17.6 Å². The van der Waals surface area contributed by atoms with Crippen molar-refractivity contribution in [1.29, 1.82) is 0 Å². The SMILES string of the molecule is CNS(=O)(=O)c1ccc(F)c(C(=O)NCCCN(C)Cc2ccccc2)c1. The lowest BCUT2D eigenvalue weighted by Crippen LogP contribution is -2.29. The Labute approximate surface area is 159 Å². The largest absolute Gasteiger partial charge is 0.352 e. The summed E-state index contributed by atoms with van der Waals surface area (Å²) in [7, 11) is -0.499. The Hall–Kier alpha value is -2.29. The molecule has 0 fully saturated rings. The molecule has 27 heavy (non-hydrogen) atoms. The lowest BCUT2D eigenvalue weighted by molar-refractivity contribution is 0.0947. The highest BCUT2D eigenvalue weighted by Crippen LogP contribution is 2.15. The van der Waals surface area contributed by atoms with Gasteiger partial charge in [0.05, 0.1) is 10.5 Å². The summed E-state index contributed by atoms with van der Waals surface area (Å²) >= 11 is 0. The van der Waals surface area contributed by atoms with E-state index in [0.29, 0.717) is 13.0 Å². The second kappa shape index (κ2) is 9.59. The maximum atomic E-state index is 13.9. The van der Waals surface area contributed by atoms with Crippen LogP contribution in [0.1, 0.15) is 22.3 Å². The number of amides is 1. The van der Waals surface area contributed by atoms with E-state index in [1.54, 1.807) is 0 Å². The number of carbonyl (C=O) groups is 1. The van der Waals surface area contributed by atoms with E-state index in [2.05, 4.69) is 14.9 Å². The number of hydrogen-bond acceptors (Lipinski definition) is 4. The van der Waals surface area contributed by atoms with E-state index in [9.17, 15) is 17.6 Å². The van der Waals surface area contributed by atoms with Crippen LogP contribution in [-0.2, 0) is 16.6 Å². The number of benzene rings is 2. The van der Waals surface area contributed by atoms with E-state index in [4.69, 9.17) is 0 Å². The molecule has 0 radical (unpaired) electrons. The van der Waals surface area contributed by atoms with Crippen molar-refractivity contribution >= 4 is 15.9 Å². The minimum Gasteiger partial charge on any atom is -0.352 e. The van der Waals surface area contributed by atoms with Crippen LogP contribution in [0.25, 0.3) is 0 Å². The molecule has 0 aromatic heterocycles. The first kappa shape index (κ1) is 21.0. The molecule has 146 valence electrons. The summed E-state index contributed by atoms with van der Waals surface area (Å²) in [6.45, 7) is 1.92. The molecule has 0 spiro atoms. The minimum absolute atomic E-state index is 0.154. The van der Waals surface area contributed by atoms with Crippen LogP contribution < -0.4 is 10.0 Å². The molecule has 8 heteroatoms. The summed E-state index contributed by atoms with van der Waals surface area (Å²) in [6, 6.07) is 13.2. The maximum absolute atomic E-state index is 13.9. The monoisotopic (exact) mass is 393 g/mol. The summed E-state index contributed by atoms with van der Waals surface area (Å²) in [6.07, 6.45) is 0.686. The number of hydrogen-bond donors (Lipinski definition) is 2. The maximum Gasteiger partial charge on any atom is 0.254 e. The molecule has 2 rings (SSSR count). The summed E-state index contributed by atoms with van der Waals surface area (Å²) in [5, 5.41) is 2.63. The Morgan fingerprint density at radius 3 is 2.52 bits per heavy atom. The van der Waals surface area contributed by atoms with E-state index >= 15 is 0 Å². The van der Waals surface area contributed by atoms with Crippen molar-refractivity contribution in [2.75, 3.05) is 27.2 Å². The van der Waals surface area contributed by atoms with Crippen molar-refractivity contribution in [2.24, 2.45) is 0 Å². The van der Waals surface area contributed by atoms with Crippen LogP contribution >= 0.6 is 0 Å². The van der Waals surface area contributed by atoms with Crippen LogP contribution in [-0.4, -0.2) is 46.4 Å². The van der Waals surface area contributed by atoms with E-state index in [1.807, 2.05) is 37.4 Å². The van der Waals surface area contributed by atoms with Crippen molar-refractivity contribution in [1.82, 2.24) is 14.9 Å². The van der Waals surface area contributed by atoms with Gasteiger partial charge in [0.1, 0.15) is 5.82 Å². The van der Waals surface area contributed by atoms with Crippen LogP contribution in [0.4, 0.5) is 4.39 Å². The second-order valence-electron chi connectivity index (χ2n) is 6.18. The summed E-state index contributed by atoms with van der Waals surface area (Å²) in [5.74, 6) is -1.39. The van der Waals surface area contributed by atoms with Crippen LogP contribution in [0, 0.1) is 5.82 Å². The molecule has 0 aliphatic carbocycles. The van der Waals surface area contributed by atoms with Crippen molar-refractivity contribution in [3.05, 3.63) is 65.5 Å². The average molecular weight is 393 g/mol. The fourth-order valence-electron chi connectivity index (χ4n) is 2.58. The van der Waals surface area contributed by atoms with E-state index in [0.717, 1.165) is 31.3 Å². The van der Waals surface area contributed by atoms with Crippen molar-refractivity contribution in [3.8, 4) is 0 Å². The molecule has 6 nitrogen and oxygen atoms in total. The molecule has 0 saturated heterocycles. The molecular weight excluding hydrogens is 369 g/mol. The molecule has 2 aromatic carbocycles. The van der Waals surface area contributed by atoms with Gasteiger partial charge in [0.25, 0.3) is 5.91 Å². The van der Waals surface area contributed by atoms with Gasteiger partial charge in [-0.05, 0) is 50.8 Å². The van der Waals surface area contributed by atoms with Crippen LogP contribution in [0.15, 0.2) is 53.4 Å². The highest BCUT2D eigenvalue weighted by atomic mass is 32.2. The number of sulfonamides is 1. The Bertz CT molecular complexity index is 873. The van der Waals surface area contributed by atoms with Crippen molar-refractivity contribution in [3.63, 3.8) is 0 Å². The van der Waals surface area contributed by atoms with Gasteiger partial charge in [0.15, 0.2) is 0 Å². The average Bonchev–Trinajstić information content (AvgIpc) is 2.66. The van der Waals surface area contributed by atoms with Crippen LogP contribution in [0.2, 0.25) is 0 Å². The minimum atomic E-state index is -3.74. The molecule has 1 amide bonds. The van der Waals surface area contributed by atoms with Gasteiger partial charge < -0.3 is 10.2 Å². The van der Waals surface area contributed by atoms with Gasteiger partial charge >= 0.3 is 0 Å². The first-order valence-electron chi connectivity index (χ1n) is 8.57. The lowest BCUT2D eigenvalue weighted by Gasteiger charge is -2.16. The standard InChI is InChI=1S/C19H24FN3O3S/c1-21-27(25,26)16-9-10-18(20)17(13-16)19(24)22-11-6-12-23(2)14-15-7-4-3-5-8-15/h3-5,7-10,13,21H,6,11-12,14H2,1-2H3,(H,22,24). The van der Waals surface area contributed by atoms with Gasteiger partial charge in [-0.15, -0.1) is 0 Å². The molecule has 0 heterocycles. The van der Waals surface area contributed by atoms with Gasteiger partial charge in [0, 0.05) is 13.1 Å². The molecule has 2 N–H and O–H groups in total. The highest BCUT2D eigenvalue weighted by molar-refractivity contribution is 7.89. The Morgan fingerprint density at radius 1 is 1.15 bits per heavy atom. The number of halogens is 1. The third kappa shape index (κ3) is 6.13. The zero-order valence-corrected chi connectivity index (χ0v) is 16.2. The summed E-state index contributed by atoms with van der Waals surface area (Å²) in [5.41, 5.74) is 0.914. The number of carbonyl (C=O) groups excluding carboxylic acids is 1. The van der Waals surface area contributed by atoms with Crippen LogP contribution in [0.5, 0.6) is 0 Å². The highest BCUT2D eigenvalue weighted by Gasteiger charge is 2.18. The first-order valence-corrected chi connectivity index (χ1v) is 10.1. The fourth-order valence-corrected chi connectivity index (χ4v) is 3.34. The van der Waals surface area contributed by atoms with Crippen LogP contribution in [0.3, 0.4) is 0 Å². The van der Waals surface area contributed by atoms with E-state index in [-0.39, 0.29) is 10.5 Å². The Balaban J connectivity index is 1.86. The third-order valence-electron chi connectivity index (χ3n) is 4.06. The molecular formula is C19H24FN3O3S. The molecule has 0 bridgehead atoms. The Morgan fingerprint density at radius 2 is 1.85 bits per heavy atom. The molecule has 0 saturated carbocycles. The molecule has 0 atom stereocenters. The van der Waals surface area contributed by atoms with Gasteiger partial charge in [-0.1, -0.05) is 30.3 Å². The first-order chi connectivity index (χ1) is 12.8. The zero-order valence-electron chi connectivity index (χ0n) is 15.4. The smallest absolute Gasteiger partial charge is 0.254 e. The number of nitrogens with one attached hydrogen (secondary N) is 2. The molecule has 0 aliphatic heterocycles. The molecule has 0 unspecified atom stereocenters. The second-order valence-corrected chi connectivity index (χ2v) is 8.07. The van der Waals surface area contributed by atoms with E-state index in [1.165, 1.54) is 12.6 Å². The van der Waals surface area contributed by atoms with Gasteiger partial charge in [-0.2, -0.15) is 0 Å². The topological polar surface area (TPSA) is 78.5 Å². The van der Waals surface area contributed by atoms with Gasteiger partial charge in [-0.3, -0.25) is 4.79 Å². The molecule has 0 aliphatic rings. The van der Waals surface area contributed by atoms with Gasteiger partial charge in [0.2, 0.25) is 10.0 Å². The fraction of sp³-hybridized carbons (Fsp3) is 0.316. The number of rotatable bonds is 9. The van der Waals surface area contributed by atoms with Gasteiger partial charge in [-0.25, -0.2) is 17.5 Å². The third-order valence-corrected chi connectivity index (χ3v) is 5.47. The predicted octanol–water partition coefficient (Wildman–Crippen LogP) is 1.99. The van der Waals surface area contributed by atoms with Crippen molar-refractivity contribution in [2.45, 2.75) is 17.9 Å². The Kier molecular flexibility index (Phi) is 7.46. The lowest BCUT2D eigenvalue weighted by atomic mass is 10.2.